The largest absolute Gasteiger partial charge is 0.342 e. The van der Waals surface area contributed by atoms with Gasteiger partial charge in [0, 0.05) is 19.1 Å². The van der Waals surface area contributed by atoms with E-state index in [1.807, 2.05) is 53.5 Å². The van der Waals surface area contributed by atoms with Crippen LogP contribution in [0.3, 0.4) is 0 Å². The lowest BCUT2D eigenvalue weighted by Crippen LogP contribution is -2.43. The first-order chi connectivity index (χ1) is 11.2. The van der Waals surface area contributed by atoms with Crippen LogP contribution in [0.5, 0.6) is 0 Å². The van der Waals surface area contributed by atoms with Gasteiger partial charge >= 0.3 is 0 Å². The minimum Gasteiger partial charge on any atom is -0.342 e. The van der Waals surface area contributed by atoms with Crippen LogP contribution in [-0.2, 0) is 4.79 Å². The minimum atomic E-state index is 0.275. The summed E-state index contributed by atoms with van der Waals surface area (Å²) in [6, 6.07) is 1.12. The third-order valence-electron chi connectivity index (χ3n) is 4.45. The fourth-order valence-electron chi connectivity index (χ4n) is 2.79. The van der Waals surface area contributed by atoms with Crippen LogP contribution in [0.2, 0.25) is 0 Å². The third-order valence-corrected chi connectivity index (χ3v) is 4.45. The summed E-state index contributed by atoms with van der Waals surface area (Å²) >= 11 is 0. The van der Waals surface area contributed by atoms with Gasteiger partial charge in [0.2, 0.25) is 5.91 Å². The minimum absolute atomic E-state index is 0.275. The normalized spacial score (nSPS) is 22.3. The Hall–Kier alpha value is -0.570. The van der Waals surface area contributed by atoms with Gasteiger partial charge in [0.1, 0.15) is 0 Å². The van der Waals surface area contributed by atoms with Crippen molar-refractivity contribution in [1.82, 2.24) is 10.2 Å². The fourth-order valence-corrected chi connectivity index (χ4v) is 2.79. The fraction of sp³-hybridized carbons (Fsp3) is 0.950. The van der Waals surface area contributed by atoms with E-state index < -0.39 is 0 Å². The number of amides is 1. The third kappa shape index (κ3) is 10.8. The van der Waals surface area contributed by atoms with Gasteiger partial charge < -0.3 is 10.2 Å². The molecule has 1 N–H and O–H groups in total. The maximum absolute atomic E-state index is 12.0. The second-order valence-electron chi connectivity index (χ2n) is 5.74. The summed E-state index contributed by atoms with van der Waals surface area (Å²) in [5.74, 6) is 1.18. The maximum atomic E-state index is 12.0. The zero-order valence-corrected chi connectivity index (χ0v) is 17.2. The molecule has 3 nitrogen and oxygen atoms in total. The van der Waals surface area contributed by atoms with Crippen LogP contribution < -0.4 is 5.32 Å². The number of hydrogen-bond acceptors (Lipinski definition) is 2. The molecule has 23 heavy (non-hydrogen) atoms. The van der Waals surface area contributed by atoms with E-state index in [0.717, 1.165) is 5.92 Å². The molecule has 0 aromatic heterocycles. The summed E-state index contributed by atoms with van der Waals surface area (Å²) in [6.07, 6.45) is 8.79. The summed E-state index contributed by atoms with van der Waals surface area (Å²) in [4.78, 5) is 14.0. The summed E-state index contributed by atoms with van der Waals surface area (Å²) < 4.78 is 0. The lowest BCUT2D eigenvalue weighted by atomic mass is 9.84. The lowest BCUT2D eigenvalue weighted by molar-refractivity contribution is -0.131. The molecule has 0 unspecified atom stereocenters. The van der Waals surface area contributed by atoms with E-state index in [9.17, 15) is 4.79 Å². The summed E-state index contributed by atoms with van der Waals surface area (Å²) in [6.45, 7) is 14.8. The van der Waals surface area contributed by atoms with Crippen molar-refractivity contribution in [3.05, 3.63) is 0 Å². The quantitative estimate of drug-likeness (QED) is 0.748. The van der Waals surface area contributed by atoms with Gasteiger partial charge in [-0.05, 0) is 44.4 Å². The molecule has 2 rings (SSSR count). The van der Waals surface area contributed by atoms with E-state index >= 15 is 0 Å². The zero-order valence-electron chi connectivity index (χ0n) is 17.2. The molecule has 0 atom stereocenters. The van der Waals surface area contributed by atoms with Crippen molar-refractivity contribution in [2.24, 2.45) is 5.92 Å². The first-order valence-electron chi connectivity index (χ1n) is 10.2. The standard InChI is InChI=1S/C14H26N2O.3C2H6/c1-3-11-4-8-13(9-5-11)16(2)14(17)10-15-12-6-7-12;3*1-2/h11-13,15H,3-10H2,1-2H3;3*1-2H3. The average Bonchev–Trinajstić information content (AvgIpc) is 3.48. The Bertz CT molecular complexity index is 256. The Morgan fingerprint density at radius 1 is 0.913 bits per heavy atom. The predicted octanol–water partition coefficient (Wildman–Crippen LogP) is 5.24. The highest BCUT2D eigenvalue weighted by Gasteiger charge is 2.27. The summed E-state index contributed by atoms with van der Waals surface area (Å²) in [5.41, 5.74) is 0. The van der Waals surface area contributed by atoms with Crippen LogP contribution in [0, 0.1) is 5.92 Å². The van der Waals surface area contributed by atoms with Crippen molar-refractivity contribution in [1.29, 1.82) is 0 Å². The Kier molecular flexibility index (Phi) is 17.5. The number of likely N-dealkylation sites (N-methyl/N-ethyl adjacent to an activating group) is 1. The Morgan fingerprint density at radius 3 is 1.78 bits per heavy atom. The van der Waals surface area contributed by atoms with E-state index in [2.05, 4.69) is 12.2 Å². The second-order valence-corrected chi connectivity index (χ2v) is 5.74. The van der Waals surface area contributed by atoms with E-state index in [1.54, 1.807) is 0 Å². The molecule has 3 heteroatoms. The van der Waals surface area contributed by atoms with Crippen molar-refractivity contribution >= 4 is 5.91 Å². The number of nitrogens with one attached hydrogen (secondary N) is 1. The van der Waals surface area contributed by atoms with Crippen LogP contribution in [0.4, 0.5) is 0 Å². The van der Waals surface area contributed by atoms with Crippen LogP contribution in [0.25, 0.3) is 0 Å². The van der Waals surface area contributed by atoms with Crippen molar-refractivity contribution < 1.29 is 4.79 Å². The Labute approximate surface area is 146 Å². The average molecular weight is 329 g/mol. The molecule has 2 aliphatic carbocycles. The first kappa shape index (κ1) is 24.7. The number of carbonyl (C=O) groups is 1. The van der Waals surface area contributed by atoms with E-state index in [0.29, 0.717) is 18.6 Å². The molecule has 0 radical (unpaired) electrons. The van der Waals surface area contributed by atoms with Crippen LogP contribution in [0.1, 0.15) is 93.4 Å². The zero-order chi connectivity index (χ0) is 18.3. The van der Waals surface area contributed by atoms with Gasteiger partial charge in [0.15, 0.2) is 0 Å². The van der Waals surface area contributed by atoms with Crippen molar-refractivity contribution in [3.8, 4) is 0 Å². The van der Waals surface area contributed by atoms with Gasteiger partial charge in [-0.1, -0.05) is 54.9 Å². The van der Waals surface area contributed by atoms with Gasteiger partial charge in [-0.2, -0.15) is 0 Å². The molecule has 0 bridgehead atoms. The van der Waals surface area contributed by atoms with E-state index in [4.69, 9.17) is 0 Å². The molecule has 140 valence electrons. The molecule has 0 aromatic rings. The first-order valence-corrected chi connectivity index (χ1v) is 10.2. The van der Waals surface area contributed by atoms with Gasteiger partial charge in [-0.3, -0.25) is 4.79 Å². The summed E-state index contributed by atoms with van der Waals surface area (Å²) in [7, 11) is 1.98. The van der Waals surface area contributed by atoms with Crippen molar-refractivity contribution in [2.75, 3.05) is 13.6 Å². The van der Waals surface area contributed by atoms with Gasteiger partial charge in [-0.15, -0.1) is 0 Å². The highest BCUT2D eigenvalue weighted by Crippen LogP contribution is 2.29. The molecule has 0 aromatic carbocycles. The van der Waals surface area contributed by atoms with Gasteiger partial charge in [0.25, 0.3) is 0 Å². The number of nitrogens with zero attached hydrogens (tertiary/aromatic N) is 1. The molecule has 2 aliphatic rings. The number of rotatable bonds is 5. The molecule has 0 aliphatic heterocycles. The van der Waals surface area contributed by atoms with Gasteiger partial charge in [0.05, 0.1) is 6.54 Å². The van der Waals surface area contributed by atoms with Crippen LogP contribution in [0.15, 0.2) is 0 Å². The number of carbonyl (C=O) groups excluding carboxylic acids is 1. The van der Waals surface area contributed by atoms with Crippen LogP contribution in [-0.4, -0.2) is 36.5 Å². The Balaban J connectivity index is 0. The molecule has 0 saturated heterocycles. The highest BCUT2D eigenvalue weighted by molar-refractivity contribution is 5.78. The molecular weight excluding hydrogens is 284 g/mol. The SMILES string of the molecule is CC.CC.CC.CCC1CCC(N(C)C(=O)CNC2CC2)CC1. The van der Waals surface area contributed by atoms with Crippen molar-refractivity contribution in [2.45, 2.75) is 105 Å². The van der Waals surface area contributed by atoms with Gasteiger partial charge in [-0.25, -0.2) is 0 Å². The predicted molar refractivity (Wildman–Crippen MR) is 104 cm³/mol. The summed E-state index contributed by atoms with van der Waals surface area (Å²) in [5, 5.41) is 3.31. The van der Waals surface area contributed by atoms with Crippen molar-refractivity contribution in [3.63, 3.8) is 0 Å². The molecule has 2 saturated carbocycles. The van der Waals surface area contributed by atoms with E-state index in [1.165, 1.54) is 44.9 Å². The molecule has 0 spiro atoms. The maximum Gasteiger partial charge on any atom is 0.236 e. The van der Waals surface area contributed by atoms with Crippen LogP contribution >= 0.6 is 0 Å². The molecule has 0 heterocycles. The monoisotopic (exact) mass is 328 g/mol. The highest BCUT2D eigenvalue weighted by atomic mass is 16.2. The lowest BCUT2D eigenvalue weighted by Gasteiger charge is -2.34. The molecular formula is C20H44N2O. The molecule has 1 amide bonds. The van der Waals surface area contributed by atoms with E-state index in [-0.39, 0.29) is 5.91 Å². The Morgan fingerprint density at radius 2 is 1.39 bits per heavy atom. The number of hydrogen-bond donors (Lipinski definition) is 1. The molecule has 2 fully saturated rings. The topological polar surface area (TPSA) is 32.3 Å². The smallest absolute Gasteiger partial charge is 0.236 e. The second kappa shape index (κ2) is 16.3.